The van der Waals surface area contributed by atoms with Gasteiger partial charge in [0, 0.05) is 19.9 Å². The third-order valence-electron chi connectivity index (χ3n) is 2.36. The number of halogens is 1. The van der Waals surface area contributed by atoms with E-state index in [1.165, 1.54) is 0 Å². The number of aromatic nitrogens is 3. The molecule has 0 aromatic carbocycles. The van der Waals surface area contributed by atoms with Crippen LogP contribution in [0.2, 0.25) is 5.02 Å². The second-order valence-electron chi connectivity index (χ2n) is 3.68. The van der Waals surface area contributed by atoms with Crippen molar-refractivity contribution in [2.24, 2.45) is 5.73 Å². The van der Waals surface area contributed by atoms with Crippen molar-refractivity contribution in [2.75, 3.05) is 13.7 Å². The predicted molar refractivity (Wildman–Crippen MR) is 66.0 cm³/mol. The van der Waals surface area contributed by atoms with Gasteiger partial charge in [0.2, 0.25) is 11.7 Å². The van der Waals surface area contributed by atoms with Gasteiger partial charge in [0.25, 0.3) is 0 Å². The molecule has 0 saturated carbocycles. The molecular weight excluding hydrogens is 256 g/mol. The Hall–Kier alpha value is -1.50. The van der Waals surface area contributed by atoms with Gasteiger partial charge in [0.15, 0.2) is 0 Å². The van der Waals surface area contributed by atoms with Crippen LogP contribution in [0.3, 0.4) is 0 Å². The van der Waals surface area contributed by atoms with Gasteiger partial charge in [0.1, 0.15) is 5.69 Å². The van der Waals surface area contributed by atoms with E-state index in [-0.39, 0.29) is 6.04 Å². The highest BCUT2D eigenvalue weighted by Gasteiger charge is 2.17. The molecule has 0 aliphatic rings. The third-order valence-corrected chi connectivity index (χ3v) is 2.67. The fourth-order valence-electron chi connectivity index (χ4n) is 1.40. The van der Waals surface area contributed by atoms with Gasteiger partial charge < -0.3 is 15.0 Å². The number of hydrogen-bond donors (Lipinski definition) is 1. The normalized spacial score (nSPS) is 12.6. The topological polar surface area (TPSA) is 87.1 Å². The molecule has 0 aliphatic carbocycles. The number of hydrogen-bond acceptors (Lipinski definition) is 6. The van der Waals surface area contributed by atoms with Gasteiger partial charge in [-0.1, -0.05) is 16.8 Å². The first-order valence-electron chi connectivity index (χ1n) is 5.41. The Labute approximate surface area is 109 Å². The lowest BCUT2D eigenvalue weighted by atomic mass is 10.2. The number of pyridine rings is 1. The maximum atomic E-state index is 6.00. The van der Waals surface area contributed by atoms with Gasteiger partial charge in [-0.2, -0.15) is 4.98 Å². The molecule has 2 rings (SSSR count). The van der Waals surface area contributed by atoms with E-state index < -0.39 is 0 Å². The van der Waals surface area contributed by atoms with Crippen molar-refractivity contribution in [2.45, 2.75) is 12.5 Å². The van der Waals surface area contributed by atoms with E-state index in [1.54, 1.807) is 25.4 Å². The van der Waals surface area contributed by atoms with E-state index in [9.17, 15) is 0 Å². The third kappa shape index (κ3) is 2.84. The van der Waals surface area contributed by atoms with Crippen molar-refractivity contribution >= 4 is 11.6 Å². The van der Waals surface area contributed by atoms with Gasteiger partial charge in [-0.05, 0) is 18.6 Å². The maximum Gasteiger partial charge on any atom is 0.244 e. The fourth-order valence-corrected chi connectivity index (χ4v) is 1.61. The highest BCUT2D eigenvalue weighted by Crippen LogP contribution is 2.23. The van der Waals surface area contributed by atoms with Crippen LogP contribution in [0.25, 0.3) is 11.5 Å². The zero-order valence-electron chi connectivity index (χ0n) is 9.84. The lowest BCUT2D eigenvalue weighted by molar-refractivity contribution is 0.182. The molecule has 0 saturated heterocycles. The Balaban J connectivity index is 2.18. The molecule has 0 fully saturated rings. The fraction of sp³-hybridized carbons (Fsp3) is 0.364. The highest BCUT2D eigenvalue weighted by atomic mass is 35.5. The van der Waals surface area contributed by atoms with Crippen molar-refractivity contribution in [1.29, 1.82) is 0 Å². The summed E-state index contributed by atoms with van der Waals surface area (Å²) in [7, 11) is 1.61. The van der Waals surface area contributed by atoms with Crippen LogP contribution < -0.4 is 5.73 Å². The summed E-state index contributed by atoms with van der Waals surface area (Å²) in [4.78, 5) is 8.29. The molecule has 0 spiro atoms. The molecule has 0 bridgehead atoms. The molecule has 0 aliphatic heterocycles. The molecule has 2 heterocycles. The Morgan fingerprint density at radius 1 is 1.56 bits per heavy atom. The van der Waals surface area contributed by atoms with Crippen molar-refractivity contribution in [3.05, 3.63) is 29.2 Å². The number of rotatable bonds is 5. The molecule has 0 amide bonds. The first-order valence-corrected chi connectivity index (χ1v) is 5.79. The zero-order chi connectivity index (χ0) is 13.0. The molecule has 2 N–H and O–H groups in total. The standard InChI is InChI=1S/C11H13ClN4O2/c1-17-6-4-8(13)11-15-10(16-18-11)9-7(12)3-2-5-14-9/h2-3,5,8H,4,6,13H2,1H3. The van der Waals surface area contributed by atoms with Crippen molar-refractivity contribution in [3.8, 4) is 11.5 Å². The number of ether oxygens (including phenoxy) is 1. The first-order chi connectivity index (χ1) is 8.72. The molecule has 2 aromatic rings. The van der Waals surface area contributed by atoms with E-state index in [2.05, 4.69) is 15.1 Å². The van der Waals surface area contributed by atoms with Crippen LogP contribution in [0, 0.1) is 0 Å². The predicted octanol–water partition coefficient (Wildman–Crippen LogP) is 1.82. The Kier molecular flexibility index (Phi) is 4.24. The van der Waals surface area contributed by atoms with E-state index in [0.29, 0.717) is 35.5 Å². The summed E-state index contributed by atoms with van der Waals surface area (Å²) < 4.78 is 10.0. The van der Waals surface area contributed by atoms with E-state index >= 15 is 0 Å². The van der Waals surface area contributed by atoms with Crippen LogP contribution in [0.5, 0.6) is 0 Å². The van der Waals surface area contributed by atoms with Crippen LogP contribution in [0.4, 0.5) is 0 Å². The summed E-state index contributed by atoms with van der Waals surface area (Å²) in [5.74, 6) is 0.687. The zero-order valence-corrected chi connectivity index (χ0v) is 10.6. The minimum Gasteiger partial charge on any atom is -0.385 e. The molecule has 1 atom stereocenters. The summed E-state index contributed by atoms with van der Waals surface area (Å²) in [6.45, 7) is 0.531. The monoisotopic (exact) mass is 268 g/mol. The second kappa shape index (κ2) is 5.90. The number of methoxy groups -OCH3 is 1. The van der Waals surface area contributed by atoms with E-state index in [1.807, 2.05) is 0 Å². The Morgan fingerprint density at radius 2 is 2.39 bits per heavy atom. The molecule has 7 heteroatoms. The number of nitrogens with zero attached hydrogens (tertiary/aromatic N) is 3. The average molecular weight is 269 g/mol. The van der Waals surface area contributed by atoms with Crippen molar-refractivity contribution < 1.29 is 9.26 Å². The Bertz CT molecular complexity index is 517. The molecule has 96 valence electrons. The smallest absolute Gasteiger partial charge is 0.244 e. The second-order valence-corrected chi connectivity index (χ2v) is 4.09. The lowest BCUT2D eigenvalue weighted by Crippen LogP contribution is -2.13. The van der Waals surface area contributed by atoms with Gasteiger partial charge in [0.05, 0.1) is 11.1 Å². The highest BCUT2D eigenvalue weighted by molar-refractivity contribution is 6.32. The SMILES string of the molecule is COCCC(N)c1nc(-c2ncccc2Cl)no1. The summed E-state index contributed by atoms with van der Waals surface area (Å²) in [6, 6.07) is 3.09. The summed E-state index contributed by atoms with van der Waals surface area (Å²) in [6.07, 6.45) is 2.22. The van der Waals surface area contributed by atoms with Gasteiger partial charge in [-0.15, -0.1) is 0 Å². The van der Waals surface area contributed by atoms with Gasteiger partial charge >= 0.3 is 0 Å². The van der Waals surface area contributed by atoms with E-state index in [4.69, 9.17) is 26.6 Å². The molecule has 2 aromatic heterocycles. The summed E-state index contributed by atoms with van der Waals surface area (Å²) in [5, 5.41) is 4.29. The minimum absolute atomic E-state index is 0.337. The van der Waals surface area contributed by atoms with Crippen LogP contribution >= 0.6 is 11.6 Å². The molecular formula is C11H13ClN4O2. The van der Waals surface area contributed by atoms with Crippen LogP contribution in [-0.4, -0.2) is 28.8 Å². The largest absolute Gasteiger partial charge is 0.385 e. The van der Waals surface area contributed by atoms with Gasteiger partial charge in [-0.25, -0.2) is 0 Å². The van der Waals surface area contributed by atoms with Crippen molar-refractivity contribution in [1.82, 2.24) is 15.1 Å². The van der Waals surface area contributed by atoms with Gasteiger partial charge in [-0.3, -0.25) is 4.98 Å². The molecule has 18 heavy (non-hydrogen) atoms. The lowest BCUT2D eigenvalue weighted by Gasteiger charge is -2.04. The summed E-state index contributed by atoms with van der Waals surface area (Å²) in [5.41, 5.74) is 6.36. The van der Waals surface area contributed by atoms with Crippen LogP contribution in [-0.2, 0) is 4.74 Å². The molecule has 1 unspecified atom stereocenters. The molecule has 0 radical (unpaired) electrons. The minimum atomic E-state index is -0.353. The number of nitrogens with two attached hydrogens (primary N) is 1. The Morgan fingerprint density at radius 3 is 3.11 bits per heavy atom. The quantitative estimate of drug-likeness (QED) is 0.890. The first kappa shape index (κ1) is 12.9. The van der Waals surface area contributed by atoms with Crippen molar-refractivity contribution in [3.63, 3.8) is 0 Å². The average Bonchev–Trinajstić information content (AvgIpc) is 2.86. The molecule has 6 nitrogen and oxygen atoms in total. The van der Waals surface area contributed by atoms with Crippen LogP contribution in [0.1, 0.15) is 18.4 Å². The van der Waals surface area contributed by atoms with Crippen LogP contribution in [0.15, 0.2) is 22.9 Å². The summed E-state index contributed by atoms with van der Waals surface area (Å²) >= 11 is 6.00. The maximum absolute atomic E-state index is 6.00. The van der Waals surface area contributed by atoms with E-state index in [0.717, 1.165) is 0 Å².